The van der Waals surface area contributed by atoms with Crippen LogP contribution < -0.4 is 5.32 Å². The number of hydrogen-bond acceptors (Lipinski definition) is 6. The van der Waals surface area contributed by atoms with Gasteiger partial charge in [-0.05, 0) is 31.2 Å². The molecule has 1 unspecified atom stereocenters. The van der Waals surface area contributed by atoms with E-state index in [1.54, 1.807) is 42.6 Å². The molecule has 7 heteroatoms. The van der Waals surface area contributed by atoms with Gasteiger partial charge in [-0.15, -0.1) is 0 Å². The first kappa shape index (κ1) is 18.4. The molecule has 0 aliphatic rings. The number of nitrogens with one attached hydrogen (secondary N) is 1. The van der Waals surface area contributed by atoms with Crippen molar-refractivity contribution in [2.45, 2.75) is 13.0 Å². The summed E-state index contributed by atoms with van der Waals surface area (Å²) in [6, 6.07) is 18.5. The Bertz CT molecular complexity index is 1200. The van der Waals surface area contributed by atoms with Gasteiger partial charge >= 0.3 is 0 Å². The van der Waals surface area contributed by atoms with Crippen LogP contribution in [0, 0.1) is 17.0 Å². The third-order valence-electron chi connectivity index (χ3n) is 4.72. The predicted molar refractivity (Wildman–Crippen MR) is 111 cm³/mol. The van der Waals surface area contributed by atoms with E-state index in [0.717, 1.165) is 11.1 Å². The highest BCUT2D eigenvalue weighted by Crippen LogP contribution is 2.39. The Hall–Kier alpha value is -4.00. The Labute approximate surface area is 166 Å². The number of anilines is 1. The number of pyridine rings is 2. The van der Waals surface area contributed by atoms with Crippen LogP contribution in [0.4, 0.5) is 11.5 Å². The van der Waals surface area contributed by atoms with Gasteiger partial charge in [0.15, 0.2) is 0 Å². The highest BCUT2D eigenvalue weighted by atomic mass is 16.6. The van der Waals surface area contributed by atoms with Crippen LogP contribution in [0.25, 0.3) is 10.9 Å². The predicted octanol–water partition coefficient (Wildman–Crippen LogP) is 4.75. The summed E-state index contributed by atoms with van der Waals surface area (Å²) in [5.41, 5.74) is 2.08. The number of phenolic OH excluding ortho intramolecular Hbond substituents is 1. The quantitative estimate of drug-likeness (QED) is 0.379. The van der Waals surface area contributed by atoms with Crippen molar-refractivity contribution < 1.29 is 10.0 Å². The van der Waals surface area contributed by atoms with Crippen molar-refractivity contribution in [2.24, 2.45) is 0 Å². The molecule has 4 rings (SSSR count). The first-order chi connectivity index (χ1) is 14.0. The van der Waals surface area contributed by atoms with E-state index in [9.17, 15) is 15.2 Å². The second kappa shape index (κ2) is 7.55. The van der Waals surface area contributed by atoms with Crippen molar-refractivity contribution in [3.05, 3.63) is 99.9 Å². The average Bonchev–Trinajstić information content (AvgIpc) is 2.74. The van der Waals surface area contributed by atoms with Crippen molar-refractivity contribution in [2.75, 3.05) is 5.32 Å². The number of nitrogens with zero attached hydrogens (tertiary/aromatic N) is 3. The molecular formula is C22H18N4O3. The lowest BCUT2D eigenvalue weighted by Gasteiger charge is -2.22. The van der Waals surface area contributed by atoms with Crippen LogP contribution in [0.15, 0.2) is 72.9 Å². The minimum Gasteiger partial charge on any atom is -0.505 e. The summed E-state index contributed by atoms with van der Waals surface area (Å²) in [5.74, 6) is 0.519. The smallest absolute Gasteiger partial charge is 0.275 e. The number of aromatic hydroxyl groups is 1. The molecule has 0 spiro atoms. The highest BCUT2D eigenvalue weighted by Gasteiger charge is 2.26. The molecule has 0 bridgehead atoms. The number of fused-ring (bicyclic) bond motifs is 1. The van der Waals surface area contributed by atoms with Crippen LogP contribution in [-0.4, -0.2) is 20.0 Å². The molecule has 0 saturated heterocycles. The molecule has 2 N–H and O–H groups in total. The van der Waals surface area contributed by atoms with Crippen LogP contribution in [0.1, 0.15) is 22.9 Å². The summed E-state index contributed by atoms with van der Waals surface area (Å²) in [6.45, 7) is 1.84. The Morgan fingerprint density at radius 2 is 1.76 bits per heavy atom. The van der Waals surface area contributed by atoms with Crippen LogP contribution in [0.5, 0.6) is 5.75 Å². The number of aryl methyl sites for hydroxylation is 1. The fourth-order valence-electron chi connectivity index (χ4n) is 3.34. The molecule has 0 saturated carbocycles. The number of hydrogen-bond donors (Lipinski definition) is 2. The Balaban J connectivity index is 1.93. The Morgan fingerprint density at radius 3 is 2.52 bits per heavy atom. The van der Waals surface area contributed by atoms with Crippen LogP contribution in [0.2, 0.25) is 0 Å². The molecule has 4 aromatic rings. The maximum absolute atomic E-state index is 11.6. The number of benzene rings is 2. The lowest BCUT2D eigenvalue weighted by atomic mass is 9.95. The van der Waals surface area contributed by atoms with Gasteiger partial charge in [-0.3, -0.25) is 10.1 Å². The molecule has 2 aromatic carbocycles. The van der Waals surface area contributed by atoms with Gasteiger partial charge in [-0.2, -0.15) is 0 Å². The van der Waals surface area contributed by atoms with E-state index in [-0.39, 0.29) is 11.4 Å². The molecule has 29 heavy (non-hydrogen) atoms. The van der Waals surface area contributed by atoms with E-state index in [4.69, 9.17) is 0 Å². The van der Waals surface area contributed by atoms with Gasteiger partial charge in [0.2, 0.25) is 0 Å². The number of nitro benzene ring substituents is 1. The fraction of sp³-hybridized carbons (Fsp3) is 0.0909. The van der Waals surface area contributed by atoms with Crippen molar-refractivity contribution in [1.82, 2.24) is 9.97 Å². The summed E-state index contributed by atoms with van der Waals surface area (Å²) in [5, 5.41) is 26.7. The van der Waals surface area contributed by atoms with Crippen LogP contribution >= 0.6 is 0 Å². The number of para-hydroxylation sites is 1. The number of rotatable bonds is 5. The van der Waals surface area contributed by atoms with Crippen LogP contribution in [-0.2, 0) is 0 Å². The SMILES string of the molecule is Cc1ccc2ccc(C(Nc3ccccn3)c3ccccc3[N+](=O)[O-])c(O)c2n1. The molecule has 144 valence electrons. The van der Waals surface area contributed by atoms with Crippen molar-refractivity contribution in [3.63, 3.8) is 0 Å². The zero-order chi connectivity index (χ0) is 20.4. The van der Waals surface area contributed by atoms with Crippen molar-refractivity contribution >= 4 is 22.4 Å². The largest absolute Gasteiger partial charge is 0.505 e. The standard InChI is InChI=1S/C22H18N4O3/c1-14-9-10-15-11-12-17(22(27)20(15)24-14)21(25-19-8-4-5-13-23-19)16-6-2-3-7-18(16)26(28)29/h2-13,21,27H,1H3,(H,23,25). The summed E-state index contributed by atoms with van der Waals surface area (Å²) in [6.07, 6.45) is 1.63. The number of nitro groups is 1. The lowest BCUT2D eigenvalue weighted by Crippen LogP contribution is -2.15. The van der Waals surface area contributed by atoms with E-state index in [1.165, 1.54) is 6.07 Å². The highest BCUT2D eigenvalue weighted by molar-refractivity contribution is 5.86. The molecule has 0 amide bonds. The van der Waals surface area contributed by atoms with Gasteiger partial charge in [0, 0.05) is 28.9 Å². The molecule has 0 aliphatic heterocycles. The third kappa shape index (κ3) is 3.58. The van der Waals surface area contributed by atoms with E-state index in [1.807, 2.05) is 31.2 Å². The van der Waals surface area contributed by atoms with E-state index >= 15 is 0 Å². The summed E-state index contributed by atoms with van der Waals surface area (Å²) >= 11 is 0. The van der Waals surface area contributed by atoms with E-state index in [2.05, 4.69) is 15.3 Å². The fourth-order valence-corrected chi connectivity index (χ4v) is 3.34. The number of aromatic nitrogens is 2. The monoisotopic (exact) mass is 386 g/mol. The molecule has 1 atom stereocenters. The minimum absolute atomic E-state index is 0.0159. The van der Waals surface area contributed by atoms with Gasteiger partial charge in [0.25, 0.3) is 5.69 Å². The second-order valence-corrected chi connectivity index (χ2v) is 6.64. The molecule has 0 aliphatic carbocycles. The van der Waals surface area contributed by atoms with Gasteiger partial charge < -0.3 is 10.4 Å². The zero-order valence-corrected chi connectivity index (χ0v) is 15.6. The van der Waals surface area contributed by atoms with Crippen LogP contribution in [0.3, 0.4) is 0 Å². The maximum atomic E-state index is 11.6. The maximum Gasteiger partial charge on any atom is 0.275 e. The topological polar surface area (TPSA) is 101 Å². The number of phenols is 1. The van der Waals surface area contributed by atoms with E-state index in [0.29, 0.717) is 22.5 Å². The van der Waals surface area contributed by atoms with Gasteiger partial charge in [-0.1, -0.05) is 36.4 Å². The summed E-state index contributed by atoms with van der Waals surface area (Å²) < 4.78 is 0. The average molecular weight is 386 g/mol. The van der Waals surface area contributed by atoms with Gasteiger partial charge in [0.1, 0.15) is 17.1 Å². The molecule has 2 aromatic heterocycles. The lowest BCUT2D eigenvalue weighted by molar-refractivity contribution is -0.385. The Morgan fingerprint density at radius 1 is 1.00 bits per heavy atom. The zero-order valence-electron chi connectivity index (χ0n) is 15.6. The first-order valence-corrected chi connectivity index (χ1v) is 9.04. The minimum atomic E-state index is -0.696. The molecule has 0 radical (unpaired) electrons. The van der Waals surface area contributed by atoms with Crippen molar-refractivity contribution in [3.8, 4) is 5.75 Å². The molecule has 7 nitrogen and oxygen atoms in total. The van der Waals surface area contributed by atoms with E-state index < -0.39 is 11.0 Å². The first-order valence-electron chi connectivity index (χ1n) is 9.04. The third-order valence-corrected chi connectivity index (χ3v) is 4.72. The normalized spacial score (nSPS) is 11.9. The summed E-state index contributed by atoms with van der Waals surface area (Å²) in [7, 11) is 0. The molecule has 2 heterocycles. The summed E-state index contributed by atoms with van der Waals surface area (Å²) in [4.78, 5) is 19.9. The second-order valence-electron chi connectivity index (χ2n) is 6.64. The van der Waals surface area contributed by atoms with Gasteiger partial charge in [0.05, 0.1) is 16.5 Å². The molecular weight excluding hydrogens is 368 g/mol. The van der Waals surface area contributed by atoms with Crippen molar-refractivity contribution in [1.29, 1.82) is 0 Å². The Kier molecular flexibility index (Phi) is 4.78. The molecule has 0 fully saturated rings. The van der Waals surface area contributed by atoms with Gasteiger partial charge in [-0.25, -0.2) is 9.97 Å².